The maximum atomic E-state index is 11.4. The predicted octanol–water partition coefficient (Wildman–Crippen LogP) is 0.142. The molecule has 6 nitrogen and oxygen atoms in total. The molecule has 1 aromatic rings. The van der Waals surface area contributed by atoms with E-state index in [1.165, 1.54) is 11.3 Å². The van der Waals surface area contributed by atoms with E-state index in [1.54, 1.807) is 13.1 Å². The van der Waals surface area contributed by atoms with E-state index in [0.717, 1.165) is 5.01 Å². The van der Waals surface area contributed by atoms with Crippen LogP contribution in [0.1, 0.15) is 11.9 Å². The Balaban J connectivity index is 2.43. The summed E-state index contributed by atoms with van der Waals surface area (Å²) < 4.78 is 0. The molecule has 4 N–H and O–H groups in total. The van der Waals surface area contributed by atoms with Crippen LogP contribution in [0.3, 0.4) is 0 Å². The van der Waals surface area contributed by atoms with Crippen molar-refractivity contribution in [3.8, 4) is 0 Å². The number of hydrogen-bond acceptors (Lipinski definition) is 5. The zero-order valence-corrected chi connectivity index (χ0v) is 8.99. The molecule has 0 radical (unpaired) electrons. The van der Waals surface area contributed by atoms with E-state index in [4.69, 9.17) is 10.9 Å². The molecule has 7 heteroatoms. The Morgan fingerprint density at radius 3 is 3.13 bits per heavy atom. The molecule has 1 aromatic heterocycles. The second-order valence-electron chi connectivity index (χ2n) is 2.89. The second-order valence-corrected chi connectivity index (χ2v) is 3.87. The fraction of sp³-hybridized carbons (Fsp3) is 0.375. The summed E-state index contributed by atoms with van der Waals surface area (Å²) in [4.78, 5) is 15.4. The van der Waals surface area contributed by atoms with Gasteiger partial charge in [-0.1, -0.05) is 5.16 Å². The summed E-state index contributed by atoms with van der Waals surface area (Å²) >= 11 is 1.45. The van der Waals surface area contributed by atoms with Crippen molar-refractivity contribution < 1.29 is 10.0 Å². The fourth-order valence-corrected chi connectivity index (χ4v) is 1.43. The first-order valence-corrected chi connectivity index (χ1v) is 5.16. The predicted molar refractivity (Wildman–Crippen MR) is 56.5 cm³/mol. The van der Waals surface area contributed by atoms with Crippen molar-refractivity contribution >= 4 is 23.1 Å². The molecule has 1 unspecified atom stereocenters. The number of oxime groups is 1. The Bertz CT molecular complexity index is 350. The number of hydrogen-bond donors (Lipinski definition) is 3. The van der Waals surface area contributed by atoms with Crippen LogP contribution in [0.2, 0.25) is 0 Å². The zero-order chi connectivity index (χ0) is 11.3. The van der Waals surface area contributed by atoms with Crippen molar-refractivity contribution in [1.82, 2.24) is 10.3 Å². The highest BCUT2D eigenvalue weighted by atomic mass is 32.1. The van der Waals surface area contributed by atoms with Crippen LogP contribution < -0.4 is 11.1 Å². The molecule has 0 spiro atoms. The molecule has 0 bridgehead atoms. The van der Waals surface area contributed by atoms with Gasteiger partial charge in [-0.05, 0) is 6.92 Å². The van der Waals surface area contributed by atoms with Crippen LogP contribution in [0.25, 0.3) is 0 Å². The van der Waals surface area contributed by atoms with Gasteiger partial charge in [0.15, 0.2) is 5.84 Å². The maximum Gasteiger partial charge on any atom is 0.230 e. The van der Waals surface area contributed by atoms with Crippen LogP contribution in [0.15, 0.2) is 16.7 Å². The first-order valence-electron chi connectivity index (χ1n) is 4.28. The highest BCUT2D eigenvalue weighted by Gasteiger charge is 2.17. The van der Waals surface area contributed by atoms with Crippen molar-refractivity contribution in [3.63, 3.8) is 0 Å². The highest BCUT2D eigenvalue weighted by molar-refractivity contribution is 7.09. The smallest absolute Gasteiger partial charge is 0.230 e. The molecule has 1 rings (SSSR count). The molecule has 0 aliphatic rings. The summed E-state index contributed by atoms with van der Waals surface area (Å²) in [6.45, 7) is 1.92. The Labute approximate surface area is 90.8 Å². The lowest BCUT2D eigenvalue weighted by atomic mass is 10.1. The largest absolute Gasteiger partial charge is 0.409 e. The van der Waals surface area contributed by atoms with Gasteiger partial charge in [-0.25, -0.2) is 4.98 Å². The number of nitrogens with two attached hydrogens (primary N) is 1. The Hall–Kier alpha value is -1.63. The van der Waals surface area contributed by atoms with Crippen molar-refractivity contribution in [2.24, 2.45) is 16.8 Å². The molecule has 0 aromatic carbocycles. The van der Waals surface area contributed by atoms with Crippen molar-refractivity contribution in [1.29, 1.82) is 0 Å². The second kappa shape index (κ2) is 5.30. The lowest BCUT2D eigenvalue weighted by Crippen LogP contribution is -2.36. The SMILES string of the molecule is CC(C(=O)NCc1nccs1)C(N)=NO. The van der Waals surface area contributed by atoms with E-state index >= 15 is 0 Å². The summed E-state index contributed by atoms with van der Waals surface area (Å²) in [5, 5.41) is 16.4. The van der Waals surface area contributed by atoms with E-state index in [0.29, 0.717) is 6.54 Å². The molecule has 1 heterocycles. The van der Waals surface area contributed by atoms with Crippen LogP contribution in [0.5, 0.6) is 0 Å². The minimum absolute atomic E-state index is 0.105. The number of nitrogens with zero attached hydrogens (tertiary/aromatic N) is 2. The van der Waals surface area contributed by atoms with E-state index in [9.17, 15) is 4.79 Å². The number of carbonyl (C=O) groups excluding carboxylic acids is 1. The lowest BCUT2D eigenvalue weighted by molar-refractivity contribution is -0.122. The molecular formula is C8H12N4O2S. The van der Waals surface area contributed by atoms with Gasteiger partial charge in [0.05, 0.1) is 12.5 Å². The van der Waals surface area contributed by atoms with Gasteiger partial charge < -0.3 is 16.3 Å². The van der Waals surface area contributed by atoms with Crippen LogP contribution in [-0.2, 0) is 11.3 Å². The maximum absolute atomic E-state index is 11.4. The van der Waals surface area contributed by atoms with E-state index < -0.39 is 5.92 Å². The van der Waals surface area contributed by atoms with Gasteiger partial charge in [-0.15, -0.1) is 11.3 Å². The van der Waals surface area contributed by atoms with Crippen molar-refractivity contribution in [2.75, 3.05) is 0 Å². The summed E-state index contributed by atoms with van der Waals surface area (Å²) in [6, 6.07) is 0. The first-order chi connectivity index (χ1) is 7.15. The third-order valence-corrected chi connectivity index (χ3v) is 2.63. The average Bonchev–Trinajstić information content (AvgIpc) is 2.76. The molecule has 1 atom stereocenters. The Morgan fingerprint density at radius 2 is 2.60 bits per heavy atom. The molecule has 15 heavy (non-hydrogen) atoms. The third kappa shape index (κ3) is 3.21. The monoisotopic (exact) mass is 228 g/mol. The van der Waals surface area contributed by atoms with Crippen LogP contribution in [-0.4, -0.2) is 21.9 Å². The zero-order valence-electron chi connectivity index (χ0n) is 8.17. The van der Waals surface area contributed by atoms with Gasteiger partial charge in [0.25, 0.3) is 0 Å². The topological polar surface area (TPSA) is 101 Å². The lowest BCUT2D eigenvalue weighted by Gasteiger charge is -2.09. The van der Waals surface area contributed by atoms with E-state index in [-0.39, 0.29) is 11.7 Å². The van der Waals surface area contributed by atoms with Crippen LogP contribution in [0, 0.1) is 5.92 Å². The van der Waals surface area contributed by atoms with Gasteiger partial charge in [0.2, 0.25) is 5.91 Å². The number of thiazole rings is 1. The Kier molecular flexibility index (Phi) is 4.04. The van der Waals surface area contributed by atoms with Crippen molar-refractivity contribution in [3.05, 3.63) is 16.6 Å². The molecular weight excluding hydrogens is 216 g/mol. The van der Waals surface area contributed by atoms with E-state index in [2.05, 4.69) is 15.5 Å². The normalized spacial score (nSPS) is 13.5. The molecule has 0 aliphatic heterocycles. The molecule has 0 saturated carbocycles. The molecule has 0 fully saturated rings. The summed E-state index contributed by atoms with van der Waals surface area (Å²) in [5.74, 6) is -1.04. The van der Waals surface area contributed by atoms with Crippen LogP contribution in [0.4, 0.5) is 0 Å². The standard InChI is InChI=1S/C8H12N4O2S/c1-5(7(9)12-14)8(13)11-4-6-10-2-3-15-6/h2-3,5,14H,4H2,1H3,(H2,9,12)(H,11,13). The average molecular weight is 228 g/mol. The number of carbonyl (C=O) groups is 1. The minimum Gasteiger partial charge on any atom is -0.409 e. The first kappa shape index (κ1) is 11.4. The quantitative estimate of drug-likeness (QED) is 0.295. The van der Waals surface area contributed by atoms with Gasteiger partial charge in [0, 0.05) is 11.6 Å². The fourth-order valence-electron chi connectivity index (χ4n) is 0.877. The number of amides is 1. The molecule has 0 saturated heterocycles. The van der Waals surface area contributed by atoms with E-state index in [1.807, 2.05) is 5.38 Å². The third-order valence-electron chi connectivity index (χ3n) is 1.85. The van der Waals surface area contributed by atoms with Crippen LogP contribution >= 0.6 is 11.3 Å². The minimum atomic E-state index is -0.644. The summed E-state index contributed by atoms with van der Waals surface area (Å²) in [5.41, 5.74) is 5.29. The number of nitrogens with one attached hydrogen (secondary N) is 1. The summed E-state index contributed by atoms with van der Waals surface area (Å²) in [7, 11) is 0. The van der Waals surface area contributed by atoms with Gasteiger partial charge in [-0.3, -0.25) is 4.79 Å². The number of amidine groups is 1. The molecule has 0 aliphatic carbocycles. The number of aromatic nitrogens is 1. The molecule has 82 valence electrons. The van der Waals surface area contributed by atoms with Crippen molar-refractivity contribution in [2.45, 2.75) is 13.5 Å². The van der Waals surface area contributed by atoms with Gasteiger partial charge in [-0.2, -0.15) is 0 Å². The van der Waals surface area contributed by atoms with Gasteiger partial charge >= 0.3 is 0 Å². The van der Waals surface area contributed by atoms with Gasteiger partial charge in [0.1, 0.15) is 5.01 Å². The highest BCUT2D eigenvalue weighted by Crippen LogP contribution is 2.03. The molecule has 1 amide bonds. The number of rotatable bonds is 4. The summed E-state index contributed by atoms with van der Waals surface area (Å²) in [6.07, 6.45) is 1.67. The Morgan fingerprint density at radius 1 is 1.87 bits per heavy atom.